The highest BCUT2D eigenvalue weighted by Gasteiger charge is 2.39. The lowest BCUT2D eigenvalue weighted by atomic mass is 9.92. The Kier molecular flexibility index (Phi) is 7.92. The maximum Gasteiger partial charge on any atom is 0.213 e. The second-order valence-corrected chi connectivity index (χ2v) is 10.4. The van der Waals surface area contributed by atoms with Crippen LogP contribution < -0.4 is 9.84 Å². The minimum absolute atomic E-state index is 0.0390. The van der Waals surface area contributed by atoms with Crippen LogP contribution in [-0.4, -0.2) is 29.0 Å². The number of hydrogen-bond donors (Lipinski definition) is 0. The molecule has 0 bridgehead atoms. The summed E-state index contributed by atoms with van der Waals surface area (Å²) in [5, 5.41) is 10.9. The molecular weight excluding hydrogens is 512 g/mol. The van der Waals surface area contributed by atoms with E-state index in [2.05, 4.69) is 59.5 Å². The van der Waals surface area contributed by atoms with Gasteiger partial charge in [0, 0.05) is 17.7 Å². The van der Waals surface area contributed by atoms with Crippen LogP contribution in [0.2, 0.25) is 0 Å². The summed E-state index contributed by atoms with van der Waals surface area (Å²) in [6, 6.07) is 38.4. The van der Waals surface area contributed by atoms with E-state index in [1.54, 1.807) is 6.07 Å². The zero-order chi connectivity index (χ0) is 28.0. The summed E-state index contributed by atoms with van der Waals surface area (Å²) < 4.78 is 12.1. The molecule has 6 rings (SSSR count). The largest absolute Gasteiger partial charge is 0.546 e. The third-order valence-electron chi connectivity index (χ3n) is 7.59. The fraction of sp³-hybridized carbons (Fsp3) is 0.200. The fourth-order valence-electron chi connectivity index (χ4n) is 5.74. The van der Waals surface area contributed by atoms with Gasteiger partial charge in [0.25, 0.3) is 0 Å². The topological polar surface area (TPSA) is 78.6 Å². The van der Waals surface area contributed by atoms with E-state index >= 15 is 0 Å². The molecule has 1 aliphatic rings. The van der Waals surface area contributed by atoms with Crippen LogP contribution >= 0.6 is 0 Å². The van der Waals surface area contributed by atoms with E-state index in [1.807, 2.05) is 54.6 Å². The van der Waals surface area contributed by atoms with Crippen molar-refractivity contribution in [3.63, 3.8) is 0 Å². The average molecular weight is 544 g/mol. The number of aliphatic carboxylic acids is 1. The van der Waals surface area contributed by atoms with Gasteiger partial charge >= 0.3 is 0 Å². The van der Waals surface area contributed by atoms with Crippen molar-refractivity contribution < 1.29 is 19.1 Å². The Balaban J connectivity index is 1.37. The lowest BCUT2D eigenvalue weighted by Gasteiger charge is -2.26. The molecule has 1 aromatic heterocycles. The van der Waals surface area contributed by atoms with E-state index in [4.69, 9.17) is 14.1 Å². The minimum Gasteiger partial charge on any atom is -0.546 e. The van der Waals surface area contributed by atoms with E-state index in [9.17, 15) is 9.90 Å². The Morgan fingerprint density at radius 2 is 1.51 bits per heavy atom. The number of hydrogen-bond acceptors (Lipinski definition) is 6. The van der Waals surface area contributed by atoms with Crippen molar-refractivity contribution in [2.24, 2.45) is 5.92 Å². The molecule has 0 aliphatic carbocycles. The maximum atomic E-state index is 10.9. The monoisotopic (exact) mass is 543 g/mol. The van der Waals surface area contributed by atoms with Crippen LogP contribution in [0.4, 0.5) is 0 Å². The zero-order valence-corrected chi connectivity index (χ0v) is 22.7. The number of benzene rings is 4. The highest BCUT2D eigenvalue weighted by molar-refractivity contribution is 5.76. The Morgan fingerprint density at radius 3 is 2.22 bits per heavy atom. The lowest BCUT2D eigenvalue weighted by molar-refractivity contribution is -0.307. The van der Waals surface area contributed by atoms with Gasteiger partial charge in [0.1, 0.15) is 18.1 Å². The van der Waals surface area contributed by atoms with Crippen LogP contribution in [0.1, 0.15) is 29.5 Å². The number of aromatic nitrogens is 1. The number of carbonyl (C=O) groups is 1. The van der Waals surface area contributed by atoms with Gasteiger partial charge < -0.3 is 19.1 Å². The molecule has 2 atom stereocenters. The van der Waals surface area contributed by atoms with Gasteiger partial charge in [-0.25, -0.2) is 4.98 Å². The number of carboxylic acid groups (broad SMARTS) is 1. The molecule has 206 valence electrons. The van der Waals surface area contributed by atoms with E-state index in [0.29, 0.717) is 11.6 Å². The van der Waals surface area contributed by atoms with E-state index in [-0.39, 0.29) is 12.0 Å². The molecule has 1 fully saturated rings. The molecule has 1 saturated heterocycles. The fourth-order valence-corrected chi connectivity index (χ4v) is 5.74. The van der Waals surface area contributed by atoms with Crippen LogP contribution in [0.5, 0.6) is 5.75 Å². The van der Waals surface area contributed by atoms with Gasteiger partial charge in [-0.3, -0.25) is 4.90 Å². The van der Waals surface area contributed by atoms with Gasteiger partial charge in [-0.2, -0.15) is 0 Å². The highest BCUT2D eigenvalue weighted by Crippen LogP contribution is 2.43. The predicted octanol–water partition coefficient (Wildman–Crippen LogP) is 5.94. The molecule has 0 spiro atoms. The first-order valence-corrected chi connectivity index (χ1v) is 13.9. The van der Waals surface area contributed by atoms with Crippen LogP contribution in [0.3, 0.4) is 0 Å². The smallest absolute Gasteiger partial charge is 0.213 e. The molecule has 41 heavy (non-hydrogen) atoms. The van der Waals surface area contributed by atoms with Gasteiger partial charge in [0.2, 0.25) is 5.89 Å². The molecule has 0 radical (unpaired) electrons. The van der Waals surface area contributed by atoms with Crippen molar-refractivity contribution in [1.29, 1.82) is 0 Å². The van der Waals surface area contributed by atoms with Gasteiger partial charge in [-0.1, -0.05) is 103 Å². The number of carboxylic acids is 1. The van der Waals surface area contributed by atoms with E-state index in [0.717, 1.165) is 54.1 Å². The van der Waals surface area contributed by atoms with Crippen molar-refractivity contribution in [2.45, 2.75) is 25.4 Å². The molecule has 5 aromatic rings. The lowest BCUT2D eigenvalue weighted by Crippen LogP contribution is -2.29. The molecule has 4 aromatic carbocycles. The summed E-state index contributed by atoms with van der Waals surface area (Å²) in [6.07, 6.45) is 1.76. The molecule has 0 N–H and O–H groups in total. The Labute approximate surface area is 239 Å². The SMILES string of the molecule is O=C([O-])COc1cccc(CC2CCN(Cc3ccccc3)C2c2nc(-c3ccccc3)c(-c3ccccc3)o2)c1. The van der Waals surface area contributed by atoms with Crippen molar-refractivity contribution >= 4 is 5.97 Å². The van der Waals surface area contributed by atoms with Crippen molar-refractivity contribution in [1.82, 2.24) is 9.88 Å². The molecule has 2 unspecified atom stereocenters. The molecule has 0 saturated carbocycles. The highest BCUT2D eigenvalue weighted by atomic mass is 16.5. The molecule has 6 nitrogen and oxygen atoms in total. The molecule has 0 amide bonds. The number of nitrogens with zero attached hydrogens (tertiary/aromatic N) is 2. The minimum atomic E-state index is -1.24. The van der Waals surface area contributed by atoms with E-state index in [1.165, 1.54) is 5.56 Å². The van der Waals surface area contributed by atoms with Crippen LogP contribution in [0.15, 0.2) is 120 Å². The van der Waals surface area contributed by atoms with E-state index < -0.39 is 12.6 Å². The van der Waals surface area contributed by atoms with Gasteiger partial charge in [0.05, 0.1) is 12.0 Å². The van der Waals surface area contributed by atoms with Crippen LogP contribution in [0, 0.1) is 5.92 Å². The quantitative estimate of drug-likeness (QED) is 0.217. The number of ether oxygens (including phenoxy) is 1. The first-order chi connectivity index (χ1) is 20.1. The first kappa shape index (κ1) is 26.5. The average Bonchev–Trinajstić information content (AvgIpc) is 3.62. The third-order valence-corrected chi connectivity index (χ3v) is 7.59. The van der Waals surface area contributed by atoms with Crippen molar-refractivity contribution in [3.8, 4) is 28.3 Å². The molecule has 1 aliphatic heterocycles. The van der Waals surface area contributed by atoms with Crippen LogP contribution in [-0.2, 0) is 17.8 Å². The Bertz CT molecular complexity index is 1530. The second-order valence-electron chi connectivity index (χ2n) is 10.4. The van der Waals surface area contributed by atoms with Crippen molar-refractivity contribution in [2.75, 3.05) is 13.2 Å². The predicted molar refractivity (Wildman–Crippen MR) is 156 cm³/mol. The zero-order valence-electron chi connectivity index (χ0n) is 22.7. The summed E-state index contributed by atoms with van der Waals surface area (Å²) >= 11 is 0. The summed E-state index contributed by atoms with van der Waals surface area (Å²) in [5.74, 6) is 1.01. The van der Waals surface area contributed by atoms with Gasteiger partial charge in [-0.15, -0.1) is 0 Å². The maximum absolute atomic E-state index is 10.9. The molecular formula is C35H31N2O4-. The summed E-state index contributed by atoms with van der Waals surface area (Å²) in [6.45, 7) is 1.23. The summed E-state index contributed by atoms with van der Waals surface area (Å²) in [7, 11) is 0. The summed E-state index contributed by atoms with van der Waals surface area (Å²) in [5.41, 5.74) is 5.18. The Hall–Kier alpha value is -4.68. The number of rotatable bonds is 10. The Morgan fingerprint density at radius 1 is 0.854 bits per heavy atom. The summed E-state index contributed by atoms with van der Waals surface area (Å²) in [4.78, 5) is 18.5. The van der Waals surface area contributed by atoms with Crippen LogP contribution in [0.25, 0.3) is 22.6 Å². The molecule has 6 heteroatoms. The number of oxazole rings is 1. The standard InChI is InChI=1S/C35H32N2O4/c38-31(39)24-40-30-18-10-13-26(22-30)21-29-19-20-37(23-25-11-4-1-5-12-25)33(29)35-36-32(27-14-6-2-7-15-27)34(41-35)28-16-8-3-9-17-28/h1-18,22,29,33H,19-21,23-24H2,(H,38,39)/p-1. The number of likely N-dealkylation sites (tertiary alicyclic amines) is 1. The third kappa shape index (κ3) is 6.23. The van der Waals surface area contributed by atoms with Gasteiger partial charge in [-0.05, 0) is 48.6 Å². The second kappa shape index (κ2) is 12.2. The normalized spacial score (nSPS) is 17.0. The van der Waals surface area contributed by atoms with Gasteiger partial charge in [0.15, 0.2) is 5.76 Å². The molecule has 2 heterocycles. The van der Waals surface area contributed by atoms with Crippen molar-refractivity contribution in [3.05, 3.63) is 132 Å². The number of carbonyl (C=O) groups excluding carboxylic acids is 1. The first-order valence-electron chi connectivity index (χ1n) is 13.9.